The number of nitrogens with zero attached hydrogens (tertiary/aromatic N) is 6. The number of hydrogen-bond donors (Lipinski definition) is 1. The first-order valence-corrected chi connectivity index (χ1v) is 18.7. The van der Waals surface area contributed by atoms with Crippen molar-refractivity contribution >= 4 is 42.0 Å². The fourth-order valence-corrected chi connectivity index (χ4v) is 5.45. The van der Waals surface area contributed by atoms with Crippen LogP contribution in [0.25, 0.3) is 33.5 Å². The molecule has 0 spiro atoms. The molecular weight excluding hydrogens is 600 g/mol. The molecule has 0 bridgehead atoms. The summed E-state index contributed by atoms with van der Waals surface area (Å²) in [5, 5.41) is 8.33. The molecule has 0 saturated carbocycles. The summed E-state index contributed by atoms with van der Waals surface area (Å²) in [7, 11) is 0.437. The summed E-state index contributed by atoms with van der Waals surface area (Å²) in [6.45, 7) is 12.8. The lowest BCUT2D eigenvalue weighted by atomic mass is 10.1. The van der Waals surface area contributed by atoms with E-state index < -0.39 is 20.2 Å². The maximum Gasteiger partial charge on any atom is 0.387 e. The fourth-order valence-electron chi connectivity index (χ4n) is 4.69. The molecule has 0 saturated heterocycles. The van der Waals surface area contributed by atoms with Gasteiger partial charge >= 0.3 is 6.61 Å². The smallest absolute Gasteiger partial charge is 0.387 e. The maximum absolute atomic E-state index is 13.4. The molecule has 3 heterocycles. The van der Waals surface area contributed by atoms with Gasteiger partial charge < -0.3 is 24.3 Å². The number of amides is 2. The van der Waals surface area contributed by atoms with E-state index in [2.05, 4.69) is 34.7 Å². The van der Waals surface area contributed by atoms with Crippen LogP contribution in [0.5, 0.6) is 5.75 Å². The van der Waals surface area contributed by atoms with Crippen molar-refractivity contribution < 1.29 is 27.8 Å². The van der Waals surface area contributed by atoms with Gasteiger partial charge in [-0.25, -0.2) is 9.97 Å². The minimum Gasteiger partial charge on any atom is -0.435 e. The van der Waals surface area contributed by atoms with Gasteiger partial charge in [0.1, 0.15) is 29.4 Å². The summed E-state index contributed by atoms with van der Waals surface area (Å²) in [6.07, 6.45) is 3.87. The highest BCUT2D eigenvalue weighted by atomic mass is 28.3. The van der Waals surface area contributed by atoms with Gasteiger partial charge in [-0.1, -0.05) is 19.6 Å². The molecule has 0 aliphatic rings. The van der Waals surface area contributed by atoms with Gasteiger partial charge in [-0.15, -0.1) is 0 Å². The van der Waals surface area contributed by atoms with Crippen molar-refractivity contribution in [2.45, 2.75) is 85.2 Å². The standard InChI is InChI=1S/C31H43F2N7O4Si/c1-20(41)38(5)12-9-13-40-25-11-10-21(44-30(32)33)16-22(25)26(37-40)24-17-34-28-27(35-24)23(29(42)36-31(2,3)4)18-39(28)19-43-14-15-45(6,7)8/h10-11,16-18,30H,9,12-15,19H2,1-8H3,(H,36,42). The molecule has 11 nitrogen and oxygen atoms in total. The largest absolute Gasteiger partial charge is 0.435 e. The third-order valence-corrected chi connectivity index (χ3v) is 8.82. The van der Waals surface area contributed by atoms with E-state index in [1.165, 1.54) is 19.1 Å². The zero-order chi connectivity index (χ0) is 33.1. The minimum atomic E-state index is -2.99. The predicted molar refractivity (Wildman–Crippen MR) is 172 cm³/mol. The summed E-state index contributed by atoms with van der Waals surface area (Å²) in [4.78, 5) is 36.2. The van der Waals surface area contributed by atoms with Crippen LogP contribution in [0.15, 0.2) is 30.6 Å². The second kappa shape index (κ2) is 13.6. The van der Waals surface area contributed by atoms with E-state index in [4.69, 9.17) is 14.8 Å². The molecule has 2 amide bonds. The number of benzene rings is 1. The van der Waals surface area contributed by atoms with E-state index in [0.717, 1.165) is 6.04 Å². The first-order chi connectivity index (χ1) is 21.0. The number of aromatic nitrogens is 5. The van der Waals surface area contributed by atoms with E-state index in [0.29, 0.717) is 65.1 Å². The molecule has 0 atom stereocenters. The highest BCUT2D eigenvalue weighted by Gasteiger charge is 2.24. The number of carbonyl (C=O) groups excluding carboxylic acids is 2. The molecule has 3 aromatic heterocycles. The molecule has 1 aromatic carbocycles. The topological polar surface area (TPSA) is 116 Å². The van der Waals surface area contributed by atoms with E-state index in [1.54, 1.807) is 39.7 Å². The Hall–Kier alpha value is -3.91. The van der Waals surface area contributed by atoms with Crippen molar-refractivity contribution in [2.75, 3.05) is 20.2 Å². The zero-order valence-corrected chi connectivity index (χ0v) is 28.3. The number of hydrogen-bond acceptors (Lipinski definition) is 7. The summed E-state index contributed by atoms with van der Waals surface area (Å²) in [5.74, 6) is -0.369. The molecule has 4 rings (SSSR count). The van der Waals surface area contributed by atoms with Crippen LogP contribution in [0.2, 0.25) is 25.7 Å². The van der Waals surface area contributed by atoms with Crippen LogP contribution in [-0.2, 0) is 22.8 Å². The Kier molecular flexibility index (Phi) is 10.3. The summed E-state index contributed by atoms with van der Waals surface area (Å²) >= 11 is 0. The number of rotatable bonds is 13. The Morgan fingerprint density at radius 1 is 1.18 bits per heavy atom. The number of ether oxygens (including phenoxy) is 2. The second-order valence-electron chi connectivity index (χ2n) is 13.4. The number of alkyl halides is 2. The maximum atomic E-state index is 13.4. The van der Waals surface area contributed by atoms with Crippen LogP contribution < -0.4 is 10.1 Å². The van der Waals surface area contributed by atoms with Crippen molar-refractivity contribution in [1.29, 1.82) is 0 Å². The van der Waals surface area contributed by atoms with Gasteiger partial charge in [0.2, 0.25) is 5.91 Å². The van der Waals surface area contributed by atoms with Crippen molar-refractivity contribution in [2.24, 2.45) is 0 Å². The van der Waals surface area contributed by atoms with Crippen LogP contribution in [0.3, 0.4) is 0 Å². The van der Waals surface area contributed by atoms with E-state index in [9.17, 15) is 18.4 Å². The molecule has 0 aliphatic heterocycles. The number of fused-ring (bicyclic) bond motifs is 2. The van der Waals surface area contributed by atoms with E-state index in [1.807, 2.05) is 20.8 Å². The zero-order valence-electron chi connectivity index (χ0n) is 27.3. The average Bonchev–Trinajstić information content (AvgIpc) is 3.47. The molecular formula is C31H43F2N7O4Si. The molecule has 0 fully saturated rings. The Balaban J connectivity index is 1.78. The SMILES string of the molecule is CC(=O)N(C)CCCn1nc(-c2cnc3c(n2)c(C(=O)NC(C)(C)C)cn3COCC[Si](C)(C)C)c2cc(OC(F)F)ccc21. The molecule has 0 aliphatic carbocycles. The number of carbonyl (C=O) groups is 2. The lowest BCUT2D eigenvalue weighted by Gasteiger charge is -2.20. The number of nitrogens with one attached hydrogen (secondary N) is 1. The first-order valence-electron chi connectivity index (χ1n) is 15.0. The predicted octanol–water partition coefficient (Wildman–Crippen LogP) is 5.76. The van der Waals surface area contributed by atoms with Gasteiger partial charge in [0.15, 0.2) is 5.65 Å². The first kappa shape index (κ1) is 34.0. The highest BCUT2D eigenvalue weighted by molar-refractivity contribution is 6.76. The number of halogens is 2. The Bertz CT molecular complexity index is 1670. The van der Waals surface area contributed by atoms with Gasteiger partial charge in [0, 0.05) is 58.9 Å². The molecule has 244 valence electrons. The molecule has 14 heteroatoms. The summed E-state index contributed by atoms with van der Waals surface area (Å²) in [6, 6.07) is 5.63. The molecule has 1 N–H and O–H groups in total. The summed E-state index contributed by atoms with van der Waals surface area (Å²) in [5.41, 5.74) is 2.14. The molecule has 4 aromatic rings. The van der Waals surface area contributed by atoms with Crippen LogP contribution in [0.1, 0.15) is 44.5 Å². The molecule has 0 unspecified atom stereocenters. The van der Waals surface area contributed by atoms with Crippen LogP contribution in [0, 0.1) is 0 Å². The van der Waals surface area contributed by atoms with Crippen molar-refractivity contribution in [3.63, 3.8) is 0 Å². The monoisotopic (exact) mass is 643 g/mol. The Morgan fingerprint density at radius 2 is 1.91 bits per heavy atom. The fraction of sp³-hybridized carbons (Fsp3) is 0.516. The van der Waals surface area contributed by atoms with Gasteiger partial charge in [0.05, 0.1) is 17.3 Å². The van der Waals surface area contributed by atoms with E-state index >= 15 is 0 Å². The molecule has 45 heavy (non-hydrogen) atoms. The van der Waals surface area contributed by atoms with Crippen LogP contribution >= 0.6 is 0 Å². The lowest BCUT2D eigenvalue weighted by Crippen LogP contribution is -2.40. The highest BCUT2D eigenvalue weighted by Crippen LogP contribution is 2.32. The van der Waals surface area contributed by atoms with Crippen molar-refractivity contribution in [3.05, 3.63) is 36.2 Å². The third kappa shape index (κ3) is 8.84. The second-order valence-corrected chi connectivity index (χ2v) is 19.0. The van der Waals surface area contributed by atoms with Gasteiger partial charge in [-0.2, -0.15) is 13.9 Å². The van der Waals surface area contributed by atoms with Crippen molar-refractivity contribution in [1.82, 2.24) is 34.5 Å². The van der Waals surface area contributed by atoms with Gasteiger partial charge in [-0.3, -0.25) is 14.3 Å². The van der Waals surface area contributed by atoms with Crippen LogP contribution in [0.4, 0.5) is 8.78 Å². The Labute approximate surface area is 262 Å². The van der Waals surface area contributed by atoms with Gasteiger partial charge in [-0.05, 0) is 51.4 Å². The third-order valence-electron chi connectivity index (χ3n) is 7.12. The van der Waals surface area contributed by atoms with Gasteiger partial charge in [0.25, 0.3) is 5.91 Å². The molecule has 0 radical (unpaired) electrons. The lowest BCUT2D eigenvalue weighted by molar-refractivity contribution is -0.127. The summed E-state index contributed by atoms with van der Waals surface area (Å²) < 4.78 is 40.4. The van der Waals surface area contributed by atoms with Crippen LogP contribution in [-0.4, -0.2) is 81.5 Å². The average molecular weight is 644 g/mol. The van der Waals surface area contributed by atoms with Crippen molar-refractivity contribution in [3.8, 4) is 17.1 Å². The Morgan fingerprint density at radius 3 is 2.56 bits per heavy atom. The number of aryl methyl sites for hydroxylation is 1. The quantitative estimate of drug-likeness (QED) is 0.146. The van der Waals surface area contributed by atoms with E-state index in [-0.39, 0.29) is 24.3 Å². The minimum absolute atomic E-state index is 0.0180. The normalized spacial score (nSPS) is 12.3.